The number of sulfonamides is 1. The van der Waals surface area contributed by atoms with Gasteiger partial charge in [0.25, 0.3) is 0 Å². The highest BCUT2D eigenvalue weighted by Crippen LogP contribution is 2.35. The molecule has 2 aromatic carbocycles. The number of alkyl halides is 3. The average molecular weight is 431 g/mol. The molecule has 1 fully saturated rings. The van der Waals surface area contributed by atoms with Gasteiger partial charge in [-0.3, -0.25) is 0 Å². The molecule has 0 spiro atoms. The molecule has 0 unspecified atom stereocenters. The Labute approximate surface area is 163 Å². The number of hydrogen-bond acceptors (Lipinski definition) is 4. The van der Waals surface area contributed by atoms with E-state index < -0.39 is 43.9 Å². The normalized spacial score (nSPS) is 15.9. The summed E-state index contributed by atoms with van der Waals surface area (Å²) < 4.78 is 93.2. The minimum Gasteiger partial charge on any atom is -0.369 e. The number of piperazine rings is 1. The largest absolute Gasteiger partial charge is 0.417 e. The second-order valence-electron chi connectivity index (χ2n) is 6.28. The van der Waals surface area contributed by atoms with E-state index in [0.29, 0.717) is 0 Å². The third-order valence-electron chi connectivity index (χ3n) is 4.55. The molecule has 0 N–H and O–H groups in total. The first-order valence-electron chi connectivity index (χ1n) is 8.36. The highest BCUT2D eigenvalue weighted by molar-refractivity contribution is 7.89. The van der Waals surface area contributed by atoms with Gasteiger partial charge < -0.3 is 4.90 Å². The van der Waals surface area contributed by atoms with Gasteiger partial charge in [-0.25, -0.2) is 17.2 Å². The van der Waals surface area contributed by atoms with Crippen molar-refractivity contribution in [3.63, 3.8) is 0 Å². The zero-order chi connectivity index (χ0) is 21.4. The van der Waals surface area contributed by atoms with Crippen LogP contribution in [0, 0.1) is 23.0 Å². The van der Waals surface area contributed by atoms with E-state index in [9.17, 15) is 30.4 Å². The molecule has 2 aromatic rings. The maximum atomic E-state index is 13.9. The highest BCUT2D eigenvalue weighted by atomic mass is 32.2. The summed E-state index contributed by atoms with van der Waals surface area (Å²) >= 11 is 0. The first kappa shape index (κ1) is 21.0. The van der Waals surface area contributed by atoms with E-state index >= 15 is 0 Å². The van der Waals surface area contributed by atoms with Crippen LogP contribution in [0.25, 0.3) is 0 Å². The molecule has 0 aromatic heterocycles. The highest BCUT2D eigenvalue weighted by Gasteiger charge is 2.36. The van der Waals surface area contributed by atoms with E-state index in [2.05, 4.69) is 0 Å². The monoisotopic (exact) mass is 431 g/mol. The van der Waals surface area contributed by atoms with Crippen LogP contribution in [0.15, 0.2) is 41.3 Å². The molecule has 1 heterocycles. The molecule has 29 heavy (non-hydrogen) atoms. The number of anilines is 1. The van der Waals surface area contributed by atoms with Crippen LogP contribution in [0.5, 0.6) is 0 Å². The molecule has 11 heteroatoms. The van der Waals surface area contributed by atoms with Gasteiger partial charge in [0, 0.05) is 31.9 Å². The van der Waals surface area contributed by atoms with Crippen LogP contribution >= 0.6 is 0 Å². The predicted octanol–water partition coefficient (Wildman–Crippen LogP) is 3.37. The smallest absolute Gasteiger partial charge is 0.369 e. The number of hydrogen-bond donors (Lipinski definition) is 0. The van der Waals surface area contributed by atoms with Gasteiger partial charge in [0.1, 0.15) is 11.6 Å². The molecular weight excluding hydrogens is 417 g/mol. The number of nitriles is 1. The fourth-order valence-electron chi connectivity index (χ4n) is 3.11. The summed E-state index contributed by atoms with van der Waals surface area (Å²) in [4.78, 5) is 0.464. The average Bonchev–Trinajstić information content (AvgIpc) is 2.66. The molecule has 0 bridgehead atoms. The lowest BCUT2D eigenvalue weighted by Gasteiger charge is -2.35. The zero-order valence-corrected chi connectivity index (χ0v) is 15.6. The quantitative estimate of drug-likeness (QED) is 0.700. The van der Waals surface area contributed by atoms with Crippen LogP contribution in [0.1, 0.15) is 11.1 Å². The van der Waals surface area contributed by atoms with Gasteiger partial charge in [0.05, 0.1) is 17.2 Å². The van der Waals surface area contributed by atoms with Crippen LogP contribution in [-0.4, -0.2) is 38.9 Å². The second-order valence-corrected chi connectivity index (χ2v) is 8.16. The van der Waals surface area contributed by atoms with Crippen molar-refractivity contribution in [3.05, 3.63) is 59.2 Å². The van der Waals surface area contributed by atoms with Crippen LogP contribution in [0.3, 0.4) is 0 Å². The summed E-state index contributed by atoms with van der Waals surface area (Å²) in [6.07, 6.45) is -4.71. The number of halogens is 5. The minimum absolute atomic E-state index is 0.0124. The minimum atomic E-state index is -4.71. The first-order valence-corrected chi connectivity index (χ1v) is 9.80. The number of benzene rings is 2. The summed E-state index contributed by atoms with van der Waals surface area (Å²) in [6, 6.07) is 7.43. The van der Waals surface area contributed by atoms with Crippen molar-refractivity contribution in [2.24, 2.45) is 0 Å². The van der Waals surface area contributed by atoms with Crippen LogP contribution < -0.4 is 4.90 Å². The third-order valence-corrected chi connectivity index (χ3v) is 6.50. The maximum absolute atomic E-state index is 13.9. The molecule has 0 amide bonds. The molecular formula is C18H14F5N3O2S. The predicted molar refractivity (Wildman–Crippen MR) is 93.5 cm³/mol. The summed E-state index contributed by atoms with van der Waals surface area (Å²) in [5.74, 6) is -2.43. The number of nitrogens with zero attached hydrogens (tertiary/aromatic N) is 3. The van der Waals surface area contributed by atoms with Gasteiger partial charge in [-0.2, -0.15) is 22.7 Å². The van der Waals surface area contributed by atoms with E-state index in [0.717, 1.165) is 34.6 Å². The second kappa shape index (κ2) is 7.61. The van der Waals surface area contributed by atoms with E-state index in [-0.39, 0.29) is 31.9 Å². The topological polar surface area (TPSA) is 64.4 Å². The molecule has 0 radical (unpaired) electrons. The van der Waals surface area contributed by atoms with E-state index in [1.54, 1.807) is 0 Å². The van der Waals surface area contributed by atoms with Gasteiger partial charge in [-0.15, -0.1) is 0 Å². The SMILES string of the molecule is N#Cc1ccc(N2CCN(S(=O)(=O)c3c(F)cccc3F)CC2)cc1C(F)(F)F. The van der Waals surface area contributed by atoms with Crippen LogP contribution in [-0.2, 0) is 16.2 Å². The van der Waals surface area contributed by atoms with Crippen LogP contribution in [0.4, 0.5) is 27.6 Å². The third kappa shape index (κ3) is 4.04. The lowest BCUT2D eigenvalue weighted by atomic mass is 10.1. The van der Waals surface area contributed by atoms with E-state index in [1.807, 2.05) is 0 Å². The Morgan fingerprint density at radius 2 is 1.55 bits per heavy atom. The molecule has 3 rings (SSSR count). The Morgan fingerprint density at radius 3 is 2.07 bits per heavy atom. The summed E-state index contributed by atoms with van der Waals surface area (Å²) in [7, 11) is -4.44. The van der Waals surface area contributed by atoms with Crippen molar-refractivity contribution in [1.29, 1.82) is 5.26 Å². The molecule has 0 aliphatic carbocycles. The van der Waals surface area contributed by atoms with E-state index in [4.69, 9.17) is 5.26 Å². The first-order chi connectivity index (χ1) is 13.6. The van der Waals surface area contributed by atoms with Crippen LogP contribution in [0.2, 0.25) is 0 Å². The fourth-order valence-corrected chi connectivity index (χ4v) is 4.64. The Bertz CT molecular complexity index is 1050. The van der Waals surface area contributed by atoms with Crippen molar-refractivity contribution < 1.29 is 30.4 Å². The Morgan fingerprint density at radius 1 is 0.966 bits per heavy atom. The van der Waals surface area contributed by atoms with Gasteiger partial charge in [0.15, 0.2) is 4.90 Å². The lowest BCUT2D eigenvalue weighted by Crippen LogP contribution is -2.49. The summed E-state index contributed by atoms with van der Waals surface area (Å²) in [6.45, 7) is -0.314. The molecule has 0 saturated carbocycles. The molecule has 1 saturated heterocycles. The lowest BCUT2D eigenvalue weighted by molar-refractivity contribution is -0.137. The van der Waals surface area contributed by atoms with Crippen molar-refractivity contribution in [1.82, 2.24) is 4.31 Å². The Kier molecular flexibility index (Phi) is 5.51. The molecule has 1 aliphatic heterocycles. The summed E-state index contributed by atoms with van der Waals surface area (Å²) in [5.41, 5.74) is -1.43. The van der Waals surface area contributed by atoms with Crippen molar-refractivity contribution >= 4 is 15.7 Å². The van der Waals surface area contributed by atoms with Gasteiger partial charge in [-0.1, -0.05) is 6.07 Å². The Balaban J connectivity index is 1.82. The Hall–Kier alpha value is -2.71. The standard InChI is InChI=1S/C18H14F5N3O2S/c19-15-2-1-3-16(20)17(15)29(27,28)26-8-6-25(7-9-26)13-5-4-12(11-24)14(10-13)18(21,22)23/h1-5,10H,6-9H2. The van der Waals surface area contributed by atoms with Crippen molar-refractivity contribution in [2.75, 3.05) is 31.1 Å². The maximum Gasteiger partial charge on any atom is 0.417 e. The van der Waals surface area contributed by atoms with Gasteiger partial charge in [0.2, 0.25) is 10.0 Å². The zero-order valence-electron chi connectivity index (χ0n) is 14.7. The molecule has 0 atom stereocenters. The molecule has 5 nitrogen and oxygen atoms in total. The molecule has 154 valence electrons. The van der Waals surface area contributed by atoms with Gasteiger partial charge >= 0.3 is 6.18 Å². The summed E-state index contributed by atoms with van der Waals surface area (Å²) in [5, 5.41) is 8.86. The van der Waals surface area contributed by atoms with E-state index in [1.165, 1.54) is 17.0 Å². The fraction of sp³-hybridized carbons (Fsp3) is 0.278. The van der Waals surface area contributed by atoms with Crippen molar-refractivity contribution in [3.8, 4) is 6.07 Å². The molecule has 1 aliphatic rings. The van der Waals surface area contributed by atoms with Gasteiger partial charge in [-0.05, 0) is 30.3 Å². The number of rotatable bonds is 3. The van der Waals surface area contributed by atoms with Crippen molar-refractivity contribution in [2.45, 2.75) is 11.1 Å².